The first-order valence-electron chi connectivity index (χ1n) is 5.61. The number of alkyl halides is 3. The van der Waals surface area contributed by atoms with Crippen LogP contribution in [0.2, 0.25) is 0 Å². The smallest absolute Gasteiger partial charge is 0.435 e. The number of carboxylic acid groups (broad SMARTS) is 1. The summed E-state index contributed by atoms with van der Waals surface area (Å²) < 4.78 is 43.6. The van der Waals surface area contributed by atoms with E-state index in [0.29, 0.717) is 24.4 Å². The molecule has 0 saturated heterocycles. The number of aromatic nitrogens is 1. The van der Waals surface area contributed by atoms with Crippen molar-refractivity contribution in [1.29, 1.82) is 0 Å². The first-order chi connectivity index (χ1) is 8.65. The van der Waals surface area contributed by atoms with Gasteiger partial charge in [0, 0.05) is 6.61 Å². The Morgan fingerprint density at radius 1 is 1.42 bits per heavy atom. The van der Waals surface area contributed by atoms with E-state index in [1.807, 2.05) is 0 Å². The third-order valence-corrected chi connectivity index (χ3v) is 3.97. The van der Waals surface area contributed by atoms with E-state index in [2.05, 4.69) is 4.98 Å². The van der Waals surface area contributed by atoms with Crippen LogP contribution < -0.4 is 0 Å². The van der Waals surface area contributed by atoms with E-state index in [0.717, 1.165) is 0 Å². The van der Waals surface area contributed by atoms with Gasteiger partial charge in [-0.05, 0) is 20.3 Å². The molecule has 0 aliphatic rings. The molecule has 1 unspecified atom stereocenters. The third-order valence-electron chi connectivity index (χ3n) is 2.68. The number of thiazole rings is 1. The fraction of sp³-hybridized carbons (Fsp3) is 0.636. The molecule has 0 bridgehead atoms. The van der Waals surface area contributed by atoms with Crippen molar-refractivity contribution < 1.29 is 27.8 Å². The summed E-state index contributed by atoms with van der Waals surface area (Å²) in [4.78, 5) is 13.5. The molecule has 0 aromatic carbocycles. The summed E-state index contributed by atoms with van der Waals surface area (Å²) in [5.41, 5.74) is -2.37. The van der Waals surface area contributed by atoms with Crippen molar-refractivity contribution in [3.63, 3.8) is 0 Å². The number of aromatic carboxylic acids is 1. The van der Waals surface area contributed by atoms with Crippen molar-refractivity contribution in [1.82, 2.24) is 4.98 Å². The van der Waals surface area contributed by atoms with Gasteiger partial charge in [-0.25, -0.2) is 9.78 Å². The zero-order chi connectivity index (χ0) is 14.8. The number of rotatable bonds is 5. The summed E-state index contributed by atoms with van der Waals surface area (Å²) in [6.45, 7) is 5.35. The molecule has 1 heterocycles. The lowest BCUT2D eigenvalue weighted by Gasteiger charge is -2.25. The molecule has 0 aliphatic carbocycles. The van der Waals surface area contributed by atoms with E-state index in [1.54, 1.807) is 20.8 Å². The topological polar surface area (TPSA) is 59.4 Å². The minimum atomic E-state index is -4.79. The van der Waals surface area contributed by atoms with Gasteiger partial charge in [0.25, 0.3) is 0 Å². The number of nitrogens with zero attached hydrogens (tertiary/aromatic N) is 1. The predicted octanol–water partition coefficient (Wildman–Crippen LogP) is 3.52. The van der Waals surface area contributed by atoms with Crippen LogP contribution in [0.5, 0.6) is 0 Å². The minimum Gasteiger partial charge on any atom is -0.477 e. The van der Waals surface area contributed by atoms with E-state index < -0.39 is 28.3 Å². The van der Waals surface area contributed by atoms with Crippen molar-refractivity contribution in [2.75, 3.05) is 6.61 Å². The Morgan fingerprint density at radius 2 is 2.00 bits per heavy atom. The molecule has 4 nitrogen and oxygen atoms in total. The number of carboxylic acids is 1. The van der Waals surface area contributed by atoms with Crippen LogP contribution in [0.1, 0.15) is 47.6 Å². The standard InChI is InChI=1S/C11H14F3NO3S/c1-4-10(3,18-5-2)9-15-7(11(12,13)14)6(19-9)8(16)17/h4-5H2,1-3H3,(H,16,17). The third kappa shape index (κ3) is 3.24. The van der Waals surface area contributed by atoms with Crippen LogP contribution in [0.3, 0.4) is 0 Å². The van der Waals surface area contributed by atoms with E-state index in [1.165, 1.54) is 0 Å². The molecule has 1 aromatic heterocycles. The highest BCUT2D eigenvalue weighted by Crippen LogP contribution is 2.39. The number of carbonyl (C=O) groups is 1. The fourth-order valence-electron chi connectivity index (χ4n) is 1.52. The maximum absolute atomic E-state index is 12.7. The molecular weight excluding hydrogens is 283 g/mol. The molecule has 108 valence electrons. The van der Waals surface area contributed by atoms with Gasteiger partial charge in [0.15, 0.2) is 5.69 Å². The van der Waals surface area contributed by atoms with Crippen LogP contribution in [-0.2, 0) is 16.5 Å². The SMILES string of the molecule is CCOC(C)(CC)c1nc(C(F)(F)F)c(C(=O)O)s1. The van der Waals surface area contributed by atoms with Crippen LogP contribution in [0.4, 0.5) is 13.2 Å². The summed E-state index contributed by atoms with van der Waals surface area (Å²) in [5.74, 6) is -1.63. The Morgan fingerprint density at radius 3 is 2.32 bits per heavy atom. The highest BCUT2D eigenvalue weighted by molar-refractivity contribution is 7.13. The van der Waals surface area contributed by atoms with Gasteiger partial charge in [-0.15, -0.1) is 11.3 Å². The largest absolute Gasteiger partial charge is 0.477 e. The molecule has 1 atom stereocenters. The molecule has 0 fully saturated rings. The van der Waals surface area contributed by atoms with Crippen LogP contribution in [0.15, 0.2) is 0 Å². The van der Waals surface area contributed by atoms with Gasteiger partial charge in [-0.2, -0.15) is 13.2 Å². The van der Waals surface area contributed by atoms with Gasteiger partial charge >= 0.3 is 12.1 Å². The highest BCUT2D eigenvalue weighted by Gasteiger charge is 2.42. The second-order valence-corrected chi connectivity index (χ2v) is 5.02. The zero-order valence-electron chi connectivity index (χ0n) is 10.7. The quantitative estimate of drug-likeness (QED) is 0.903. The summed E-state index contributed by atoms with van der Waals surface area (Å²) >= 11 is 0.510. The van der Waals surface area contributed by atoms with Crippen molar-refractivity contribution in [2.45, 2.75) is 39.0 Å². The number of ether oxygens (including phenoxy) is 1. The van der Waals surface area contributed by atoms with Crippen molar-refractivity contribution in [3.05, 3.63) is 15.6 Å². The molecule has 19 heavy (non-hydrogen) atoms. The summed E-state index contributed by atoms with van der Waals surface area (Å²) in [6, 6.07) is 0. The van der Waals surface area contributed by atoms with Crippen molar-refractivity contribution in [2.24, 2.45) is 0 Å². The van der Waals surface area contributed by atoms with Gasteiger partial charge < -0.3 is 9.84 Å². The molecule has 1 N–H and O–H groups in total. The van der Waals surface area contributed by atoms with E-state index in [4.69, 9.17) is 9.84 Å². The van der Waals surface area contributed by atoms with Crippen LogP contribution in [0, 0.1) is 0 Å². The Balaban J connectivity index is 3.36. The maximum Gasteiger partial charge on any atom is 0.435 e. The Labute approximate surface area is 112 Å². The molecule has 0 spiro atoms. The first-order valence-corrected chi connectivity index (χ1v) is 6.43. The van der Waals surface area contributed by atoms with Crippen molar-refractivity contribution >= 4 is 17.3 Å². The molecule has 1 rings (SSSR count). The number of hydrogen-bond acceptors (Lipinski definition) is 4. The van der Waals surface area contributed by atoms with E-state index >= 15 is 0 Å². The molecular formula is C11H14F3NO3S. The number of hydrogen-bond donors (Lipinski definition) is 1. The lowest BCUT2D eigenvalue weighted by molar-refractivity contribution is -0.141. The second-order valence-electron chi connectivity index (χ2n) is 4.02. The average Bonchev–Trinajstić information content (AvgIpc) is 2.74. The monoisotopic (exact) mass is 297 g/mol. The lowest BCUT2D eigenvalue weighted by atomic mass is 10.0. The summed E-state index contributed by atoms with van der Waals surface area (Å²) in [5, 5.41) is 8.87. The molecule has 0 radical (unpaired) electrons. The number of halogens is 3. The molecule has 0 amide bonds. The zero-order valence-corrected chi connectivity index (χ0v) is 11.5. The summed E-state index contributed by atoms with van der Waals surface area (Å²) in [7, 11) is 0. The average molecular weight is 297 g/mol. The maximum atomic E-state index is 12.7. The van der Waals surface area contributed by atoms with Crippen LogP contribution in [-0.4, -0.2) is 22.7 Å². The summed E-state index contributed by atoms with van der Waals surface area (Å²) in [6.07, 6.45) is -4.39. The first kappa shape index (κ1) is 15.9. The van der Waals surface area contributed by atoms with Gasteiger partial charge in [0.1, 0.15) is 15.5 Å². The molecule has 1 aromatic rings. The Hall–Kier alpha value is -1.15. The normalized spacial score (nSPS) is 15.3. The molecule has 0 aliphatic heterocycles. The molecule has 8 heteroatoms. The van der Waals surface area contributed by atoms with Gasteiger partial charge in [0.05, 0.1) is 0 Å². The van der Waals surface area contributed by atoms with E-state index in [-0.39, 0.29) is 5.01 Å². The van der Waals surface area contributed by atoms with Gasteiger partial charge in [-0.1, -0.05) is 6.92 Å². The van der Waals surface area contributed by atoms with Crippen molar-refractivity contribution in [3.8, 4) is 0 Å². The lowest BCUT2D eigenvalue weighted by Crippen LogP contribution is -2.25. The Kier molecular flexibility index (Phi) is 4.57. The second kappa shape index (κ2) is 5.46. The predicted molar refractivity (Wildman–Crippen MR) is 63.3 cm³/mol. The fourth-order valence-corrected chi connectivity index (χ4v) is 2.61. The van der Waals surface area contributed by atoms with Gasteiger partial charge in [-0.3, -0.25) is 0 Å². The van der Waals surface area contributed by atoms with Crippen LogP contribution in [0.25, 0.3) is 0 Å². The minimum absolute atomic E-state index is 0.0292. The molecule has 0 saturated carbocycles. The van der Waals surface area contributed by atoms with Gasteiger partial charge in [0.2, 0.25) is 0 Å². The highest BCUT2D eigenvalue weighted by atomic mass is 32.1. The van der Waals surface area contributed by atoms with E-state index in [9.17, 15) is 18.0 Å². The Bertz CT molecular complexity index is 472. The van der Waals surface area contributed by atoms with Crippen LogP contribution >= 0.6 is 11.3 Å².